The van der Waals surface area contributed by atoms with Gasteiger partial charge >= 0.3 is 6.09 Å². The number of carbonyl (C=O) groups excluding carboxylic acids is 1. The van der Waals surface area contributed by atoms with Crippen molar-refractivity contribution in [1.29, 1.82) is 0 Å². The molecular weight excluding hydrogens is 519 g/mol. The maximum absolute atomic E-state index is 12.2. The molecule has 2 heterocycles. The number of halogens is 2. The molecule has 2 aromatic rings. The van der Waals surface area contributed by atoms with Crippen LogP contribution in [0.4, 0.5) is 16.2 Å². The predicted octanol–water partition coefficient (Wildman–Crippen LogP) is 6.77. The number of aryl methyl sites for hydroxylation is 4. The van der Waals surface area contributed by atoms with Gasteiger partial charge in [0.1, 0.15) is 5.60 Å². The molecule has 2 fully saturated rings. The number of amides is 1. The second-order valence-electron chi connectivity index (χ2n) is 11.5. The largest absolute Gasteiger partial charge is 0.444 e. The number of hydrogen-bond acceptors (Lipinski definition) is 5. The topological polar surface area (TPSA) is 48.1 Å². The van der Waals surface area contributed by atoms with Crippen LogP contribution in [0.3, 0.4) is 0 Å². The van der Waals surface area contributed by atoms with E-state index in [1.165, 1.54) is 22.5 Å². The molecule has 8 heteroatoms. The van der Waals surface area contributed by atoms with E-state index < -0.39 is 5.60 Å². The van der Waals surface area contributed by atoms with E-state index in [1.54, 1.807) is 4.90 Å². The van der Waals surface area contributed by atoms with Crippen LogP contribution < -0.4 is 15.1 Å². The summed E-state index contributed by atoms with van der Waals surface area (Å²) in [4.78, 5) is 18.8. The number of rotatable bonds is 2. The van der Waals surface area contributed by atoms with Gasteiger partial charge < -0.3 is 24.8 Å². The van der Waals surface area contributed by atoms with E-state index >= 15 is 0 Å². The lowest BCUT2D eigenvalue weighted by molar-refractivity contribution is 0.0219. The number of nitrogens with zero attached hydrogens (tertiary/aromatic N) is 3. The zero-order chi connectivity index (χ0) is 28.2. The summed E-state index contributed by atoms with van der Waals surface area (Å²) in [6.07, 6.45) is -0.229. The summed E-state index contributed by atoms with van der Waals surface area (Å²) in [5.41, 5.74) is 6.53. The summed E-state index contributed by atoms with van der Waals surface area (Å²) in [7, 11) is 0. The maximum atomic E-state index is 12.2. The Morgan fingerprint density at radius 3 is 1.76 bits per heavy atom. The van der Waals surface area contributed by atoms with Crippen LogP contribution in [-0.2, 0) is 4.74 Å². The highest BCUT2D eigenvalue weighted by atomic mass is 35.5. The van der Waals surface area contributed by atoms with Crippen molar-refractivity contribution in [3.8, 4) is 0 Å². The van der Waals surface area contributed by atoms with Crippen LogP contribution in [0.25, 0.3) is 0 Å². The normalized spacial score (nSPS) is 18.2. The molecule has 38 heavy (non-hydrogen) atoms. The summed E-state index contributed by atoms with van der Waals surface area (Å²) >= 11 is 12.4. The lowest BCUT2D eigenvalue weighted by Crippen LogP contribution is -2.54. The first-order valence-corrected chi connectivity index (χ1v) is 14.3. The Bertz CT molecular complexity index is 1080. The second kappa shape index (κ2) is 12.8. The molecule has 0 aromatic heterocycles. The van der Waals surface area contributed by atoms with E-state index in [2.05, 4.69) is 60.2 Å². The molecule has 2 aliphatic rings. The van der Waals surface area contributed by atoms with Crippen LogP contribution in [0.1, 0.15) is 49.9 Å². The van der Waals surface area contributed by atoms with Crippen molar-refractivity contribution in [2.75, 3.05) is 55.6 Å². The molecule has 2 aliphatic heterocycles. The third-order valence-corrected chi connectivity index (χ3v) is 8.13. The van der Waals surface area contributed by atoms with Gasteiger partial charge in [-0.25, -0.2) is 4.79 Å². The molecule has 4 rings (SSSR count). The average molecular weight is 564 g/mol. The number of piperazine rings is 2. The van der Waals surface area contributed by atoms with Gasteiger partial charge in [-0.15, -0.1) is 0 Å². The molecule has 6 nitrogen and oxygen atoms in total. The Hall–Kier alpha value is -2.15. The van der Waals surface area contributed by atoms with E-state index in [0.29, 0.717) is 13.1 Å². The second-order valence-corrected chi connectivity index (χ2v) is 12.2. The maximum Gasteiger partial charge on any atom is 0.410 e. The van der Waals surface area contributed by atoms with Gasteiger partial charge in [-0.1, -0.05) is 23.2 Å². The highest BCUT2D eigenvalue weighted by molar-refractivity contribution is 6.32. The van der Waals surface area contributed by atoms with E-state index in [1.807, 2.05) is 34.6 Å². The first-order chi connectivity index (χ1) is 17.8. The number of carbonyl (C=O) groups is 1. The van der Waals surface area contributed by atoms with E-state index in [9.17, 15) is 4.79 Å². The van der Waals surface area contributed by atoms with Crippen LogP contribution in [0.5, 0.6) is 0 Å². The highest BCUT2D eigenvalue weighted by Gasteiger charge is 2.30. The van der Waals surface area contributed by atoms with Gasteiger partial charge in [0, 0.05) is 73.3 Å². The molecule has 0 unspecified atom stereocenters. The monoisotopic (exact) mass is 562 g/mol. The summed E-state index contributed by atoms with van der Waals surface area (Å²) in [6.45, 7) is 22.4. The fourth-order valence-electron chi connectivity index (χ4n) is 4.95. The summed E-state index contributed by atoms with van der Waals surface area (Å²) < 4.78 is 5.47. The molecule has 1 atom stereocenters. The van der Waals surface area contributed by atoms with Crippen molar-refractivity contribution in [3.63, 3.8) is 0 Å². The third-order valence-electron chi connectivity index (χ3n) is 6.94. The predicted molar refractivity (Wildman–Crippen MR) is 162 cm³/mol. The van der Waals surface area contributed by atoms with Gasteiger partial charge in [-0.05, 0) is 102 Å². The fraction of sp³-hybridized carbons (Fsp3) is 0.567. The Morgan fingerprint density at radius 1 is 0.842 bits per heavy atom. The molecule has 1 N–H and O–H groups in total. The fourth-order valence-corrected chi connectivity index (χ4v) is 5.17. The Labute approximate surface area is 239 Å². The number of ether oxygens (including phenoxy) is 1. The lowest BCUT2D eigenvalue weighted by Gasteiger charge is -2.41. The van der Waals surface area contributed by atoms with Gasteiger partial charge in [-0.2, -0.15) is 0 Å². The average Bonchev–Trinajstić information content (AvgIpc) is 2.85. The molecule has 0 aliphatic carbocycles. The van der Waals surface area contributed by atoms with Crippen molar-refractivity contribution in [2.24, 2.45) is 0 Å². The minimum absolute atomic E-state index is 0.229. The molecule has 0 bridgehead atoms. The number of anilines is 2. The van der Waals surface area contributed by atoms with Gasteiger partial charge in [0.15, 0.2) is 0 Å². The van der Waals surface area contributed by atoms with Crippen molar-refractivity contribution in [3.05, 3.63) is 56.6 Å². The first kappa shape index (κ1) is 30.4. The van der Waals surface area contributed by atoms with Gasteiger partial charge in [0.25, 0.3) is 0 Å². The van der Waals surface area contributed by atoms with Crippen LogP contribution in [0, 0.1) is 27.7 Å². The molecule has 0 spiro atoms. The summed E-state index contributed by atoms with van der Waals surface area (Å²) in [5.74, 6) is 0. The molecule has 2 saturated heterocycles. The zero-order valence-electron chi connectivity index (χ0n) is 24.3. The van der Waals surface area contributed by atoms with E-state index in [-0.39, 0.29) is 12.1 Å². The molecule has 2 aromatic carbocycles. The number of hydrogen-bond donors (Lipinski definition) is 1. The Balaban J connectivity index is 0.000000230. The van der Waals surface area contributed by atoms with Crippen LogP contribution in [0.2, 0.25) is 10.0 Å². The molecule has 0 radical (unpaired) electrons. The Morgan fingerprint density at radius 2 is 1.32 bits per heavy atom. The molecular formula is C30H44Cl2N4O2. The number of benzene rings is 2. The minimum Gasteiger partial charge on any atom is -0.444 e. The van der Waals surface area contributed by atoms with E-state index in [4.69, 9.17) is 27.9 Å². The van der Waals surface area contributed by atoms with Crippen LogP contribution in [-0.4, -0.2) is 68.4 Å². The van der Waals surface area contributed by atoms with Crippen LogP contribution >= 0.6 is 23.2 Å². The zero-order valence-corrected chi connectivity index (χ0v) is 25.8. The van der Waals surface area contributed by atoms with Crippen LogP contribution in [0.15, 0.2) is 24.3 Å². The van der Waals surface area contributed by atoms with Gasteiger partial charge in [-0.3, -0.25) is 0 Å². The number of nitrogens with one attached hydrogen (secondary N) is 1. The highest BCUT2D eigenvalue weighted by Crippen LogP contribution is 2.29. The smallest absolute Gasteiger partial charge is 0.410 e. The SMILES string of the molecule is Cc1cc(N2CCN(C(=O)OC(C)(C)C)C[C@@H]2C)cc(C)c1Cl.Cc1cc(N2CCNCC2)cc(C)c1Cl. The molecule has 1 amide bonds. The Kier molecular flexibility index (Phi) is 10.2. The summed E-state index contributed by atoms with van der Waals surface area (Å²) in [5, 5.41) is 5.08. The first-order valence-electron chi connectivity index (χ1n) is 13.5. The molecule has 210 valence electrons. The van der Waals surface area contributed by atoms with E-state index in [0.717, 1.165) is 53.9 Å². The standard InChI is InChI=1S/C18H27ClN2O2.C12H17ClN2/c1-12-9-15(10-13(2)16(12)19)21-8-7-20(11-14(21)3)17(22)23-18(4,5)6;1-9-7-11(8-10(2)12(9)13)15-5-3-14-4-6-15/h9-10,14H,7-8,11H2,1-6H3;7-8,14H,3-6H2,1-2H3/t14-;/m0./s1. The van der Waals surface area contributed by atoms with Gasteiger partial charge in [0.05, 0.1) is 0 Å². The van der Waals surface area contributed by atoms with Crippen molar-refractivity contribution in [2.45, 2.75) is 67.0 Å². The third kappa shape index (κ3) is 7.93. The van der Waals surface area contributed by atoms with Crippen molar-refractivity contribution < 1.29 is 9.53 Å². The van der Waals surface area contributed by atoms with Crippen molar-refractivity contribution >= 4 is 40.7 Å². The lowest BCUT2D eigenvalue weighted by atomic mass is 10.1. The van der Waals surface area contributed by atoms with Crippen molar-refractivity contribution in [1.82, 2.24) is 10.2 Å². The molecule has 0 saturated carbocycles. The van der Waals surface area contributed by atoms with Gasteiger partial charge in [0.2, 0.25) is 0 Å². The quantitative estimate of drug-likeness (QED) is 0.437. The minimum atomic E-state index is -0.456. The summed E-state index contributed by atoms with van der Waals surface area (Å²) in [6, 6.07) is 8.84.